The van der Waals surface area contributed by atoms with Gasteiger partial charge in [-0.25, -0.2) is 0 Å². The molecular formula is C36H32N2. The number of hydrogen-bond donors (Lipinski definition) is 0. The molecule has 2 aliphatic rings. The van der Waals surface area contributed by atoms with E-state index in [0.717, 1.165) is 0 Å². The zero-order chi connectivity index (χ0) is 40.0. The number of rotatable bonds is 2. The highest BCUT2D eigenvalue weighted by atomic mass is 15.2. The van der Waals surface area contributed by atoms with E-state index in [0.29, 0.717) is 0 Å². The molecular weight excluding hydrogens is 460 g/mol. The molecule has 0 spiro atoms. The summed E-state index contributed by atoms with van der Waals surface area (Å²) < 4.78 is 141. The molecule has 2 nitrogen and oxygen atoms in total. The quantitative estimate of drug-likeness (QED) is 0.234. The van der Waals surface area contributed by atoms with E-state index >= 15 is 0 Å². The highest BCUT2D eigenvalue weighted by Crippen LogP contribution is 2.54. The Morgan fingerprint density at radius 2 is 0.763 bits per heavy atom. The lowest BCUT2D eigenvalue weighted by atomic mass is 9.73. The zero-order valence-corrected chi connectivity index (χ0v) is 21.2. The lowest BCUT2D eigenvalue weighted by molar-refractivity contribution is 0.631. The van der Waals surface area contributed by atoms with Crippen molar-refractivity contribution in [3.8, 4) is 0 Å². The van der Waals surface area contributed by atoms with E-state index in [1.807, 2.05) is 0 Å². The van der Waals surface area contributed by atoms with E-state index in [9.17, 15) is 0 Å². The molecule has 0 radical (unpaired) electrons. The normalized spacial score (nSPS) is 22.1. The average Bonchev–Trinajstić information content (AvgIpc) is 3.12. The van der Waals surface area contributed by atoms with Gasteiger partial charge in [-0.3, -0.25) is 0 Å². The second-order valence-corrected chi connectivity index (χ2v) is 10.3. The molecule has 0 saturated carbocycles. The maximum Gasteiger partial charge on any atom is 0.0645 e. The Hall–Kier alpha value is -4.30. The summed E-state index contributed by atoms with van der Waals surface area (Å²) in [6.45, 7) is 6.51. The van der Waals surface area contributed by atoms with Crippen molar-refractivity contribution in [2.24, 2.45) is 0 Å². The summed E-state index contributed by atoms with van der Waals surface area (Å²) in [5.41, 5.74) is -2.38. The molecule has 0 aromatic heterocycles. The molecule has 0 aliphatic carbocycles. The summed E-state index contributed by atoms with van der Waals surface area (Å²) in [7, 11) is 0. The van der Waals surface area contributed by atoms with E-state index in [-0.39, 0.29) is 56.4 Å². The third kappa shape index (κ3) is 3.13. The minimum Gasteiger partial charge on any atom is -0.310 e. The highest BCUT2D eigenvalue weighted by Gasteiger charge is 2.38. The highest BCUT2D eigenvalue weighted by molar-refractivity contribution is 5.90. The Balaban J connectivity index is 1.64. The standard InChI is InChI=1S/C36H32N2/c1-35(2)27-16-5-9-20-31(27)37(32-21-10-6-17-28(32)35)25-14-13-15-26(24-25)38-33-22-11-7-18-29(33)36(3,4)30-19-8-12-23-34(30)38/h5-24H,1-4H3/i5D,6D,7D,8D,9D,10D,11D,12D,16D,17D,18D,19D,20D,21D,22D,23D. The summed E-state index contributed by atoms with van der Waals surface area (Å²) >= 11 is 0. The number of para-hydroxylation sites is 4. The Kier molecular flexibility index (Phi) is 2.48. The fourth-order valence-corrected chi connectivity index (χ4v) is 5.46. The molecule has 0 unspecified atom stereocenters. The largest absolute Gasteiger partial charge is 0.310 e. The number of benzene rings is 5. The Morgan fingerprint density at radius 3 is 1.08 bits per heavy atom. The number of nitrogens with zero attached hydrogens (tertiary/aromatic N) is 2. The number of hydrogen-bond acceptors (Lipinski definition) is 2. The van der Waals surface area contributed by atoms with Crippen molar-refractivity contribution in [2.75, 3.05) is 9.80 Å². The molecule has 38 heavy (non-hydrogen) atoms. The van der Waals surface area contributed by atoms with E-state index in [4.69, 9.17) is 21.9 Å². The Labute approximate surface area is 248 Å². The van der Waals surface area contributed by atoms with Gasteiger partial charge in [0.2, 0.25) is 0 Å². The lowest BCUT2D eigenvalue weighted by Crippen LogP contribution is -2.31. The molecule has 0 fully saturated rings. The average molecular weight is 509 g/mol. The fraction of sp³-hybridized carbons (Fsp3) is 0.167. The summed E-state index contributed by atoms with van der Waals surface area (Å²) in [6, 6.07) is -1.78. The van der Waals surface area contributed by atoms with E-state index in [1.54, 1.807) is 39.8 Å². The molecule has 5 aromatic rings. The molecule has 186 valence electrons. The van der Waals surface area contributed by atoms with Crippen molar-refractivity contribution in [2.45, 2.75) is 38.5 Å². The van der Waals surface area contributed by atoms with Crippen LogP contribution in [0, 0.1) is 0 Å². The predicted molar refractivity (Wildman–Crippen MR) is 160 cm³/mol. The smallest absolute Gasteiger partial charge is 0.0645 e. The van der Waals surface area contributed by atoms with Crippen LogP contribution >= 0.6 is 0 Å². The van der Waals surface area contributed by atoms with Crippen molar-refractivity contribution in [3.63, 3.8) is 0 Å². The Bertz CT molecular complexity index is 2230. The molecule has 0 amide bonds. The maximum atomic E-state index is 9.10. The lowest BCUT2D eigenvalue weighted by Gasteiger charge is -2.43. The molecule has 2 heterocycles. The first kappa shape index (κ1) is 11.6. The van der Waals surface area contributed by atoms with Crippen LogP contribution in [0.5, 0.6) is 0 Å². The summed E-state index contributed by atoms with van der Waals surface area (Å²) in [5, 5.41) is 0. The van der Waals surface area contributed by atoms with E-state index in [1.165, 1.54) is 21.9 Å². The van der Waals surface area contributed by atoms with Crippen LogP contribution in [-0.4, -0.2) is 0 Å². The Morgan fingerprint density at radius 1 is 0.474 bits per heavy atom. The van der Waals surface area contributed by atoms with Crippen LogP contribution in [0.3, 0.4) is 0 Å². The molecule has 0 N–H and O–H groups in total. The van der Waals surface area contributed by atoms with Crippen LogP contribution in [0.4, 0.5) is 34.1 Å². The van der Waals surface area contributed by atoms with Gasteiger partial charge in [-0.2, -0.15) is 0 Å². The summed E-state index contributed by atoms with van der Waals surface area (Å²) in [4.78, 5) is 2.68. The van der Waals surface area contributed by atoms with E-state index < -0.39 is 108 Å². The third-order valence-corrected chi connectivity index (χ3v) is 7.41. The van der Waals surface area contributed by atoms with Gasteiger partial charge in [0, 0.05) is 22.2 Å². The molecule has 2 heteroatoms. The van der Waals surface area contributed by atoms with Gasteiger partial charge < -0.3 is 9.80 Å². The van der Waals surface area contributed by atoms with Crippen LogP contribution in [0.2, 0.25) is 0 Å². The van der Waals surface area contributed by atoms with Gasteiger partial charge in [0.15, 0.2) is 0 Å². The first-order valence-corrected chi connectivity index (χ1v) is 12.2. The number of anilines is 6. The summed E-state index contributed by atoms with van der Waals surface area (Å²) in [5.74, 6) is 0. The predicted octanol–water partition coefficient (Wildman–Crippen LogP) is 9.90. The SMILES string of the molecule is [2H]c1c([2H])c([2H])c2c(c1[2H])N(c1cccc(N3c4c([2H])c([2H])c([2H])c([2H])c4C(C)(C)c4c([2H])c([2H])c([2H])c([2H])c43)c1)c1c([2H])c([2H])c([2H])c([2H])c1C2(C)C. The van der Waals surface area contributed by atoms with Crippen molar-refractivity contribution in [3.05, 3.63) is 143 Å². The number of fused-ring (bicyclic) bond motifs is 4. The molecule has 5 aromatic carbocycles. The van der Waals surface area contributed by atoms with Gasteiger partial charge in [0.1, 0.15) is 0 Å². The minimum atomic E-state index is -1.35. The van der Waals surface area contributed by atoms with Gasteiger partial charge in [0.25, 0.3) is 0 Å². The fourth-order valence-electron chi connectivity index (χ4n) is 5.46. The van der Waals surface area contributed by atoms with Crippen molar-refractivity contribution in [1.29, 1.82) is 0 Å². The van der Waals surface area contributed by atoms with Crippen LogP contribution in [0.15, 0.2) is 121 Å². The molecule has 0 bridgehead atoms. The second kappa shape index (κ2) is 8.10. The first-order chi connectivity index (χ1) is 25.0. The third-order valence-electron chi connectivity index (χ3n) is 7.41. The second-order valence-electron chi connectivity index (χ2n) is 10.3. The topological polar surface area (TPSA) is 6.48 Å². The monoisotopic (exact) mass is 508 g/mol. The first-order valence-electron chi connectivity index (χ1n) is 20.2. The maximum absolute atomic E-state index is 9.10. The molecule has 0 saturated heterocycles. The van der Waals surface area contributed by atoms with Crippen LogP contribution < -0.4 is 9.80 Å². The van der Waals surface area contributed by atoms with Gasteiger partial charge >= 0.3 is 0 Å². The summed E-state index contributed by atoms with van der Waals surface area (Å²) in [6.07, 6.45) is 0. The van der Waals surface area contributed by atoms with Gasteiger partial charge in [0.05, 0.1) is 44.7 Å². The van der Waals surface area contributed by atoms with Gasteiger partial charge in [-0.15, -0.1) is 0 Å². The zero-order valence-electron chi connectivity index (χ0n) is 37.2. The van der Waals surface area contributed by atoms with Crippen molar-refractivity contribution >= 4 is 34.1 Å². The van der Waals surface area contributed by atoms with E-state index in [2.05, 4.69) is 0 Å². The van der Waals surface area contributed by atoms with Gasteiger partial charge in [-0.1, -0.05) is 106 Å². The molecule has 2 aliphatic heterocycles. The molecule has 7 rings (SSSR count). The minimum absolute atomic E-state index is 0.0647. The van der Waals surface area contributed by atoms with Crippen molar-refractivity contribution < 1.29 is 21.9 Å². The van der Waals surface area contributed by atoms with Crippen molar-refractivity contribution in [1.82, 2.24) is 0 Å². The molecule has 0 atom stereocenters. The van der Waals surface area contributed by atoms with Crippen LogP contribution in [-0.2, 0) is 10.8 Å². The van der Waals surface area contributed by atoms with Gasteiger partial charge in [-0.05, 0) is 64.6 Å². The van der Waals surface area contributed by atoms with Crippen LogP contribution in [0.1, 0.15) is 71.9 Å². The van der Waals surface area contributed by atoms with Crippen LogP contribution in [0.25, 0.3) is 0 Å².